The van der Waals surface area contributed by atoms with Crippen molar-refractivity contribution < 1.29 is 17.9 Å². The number of nitriles is 1. The normalized spacial score (nSPS) is 15.3. The number of carbonyl (C=O) groups excluding carboxylic acids is 1. The van der Waals surface area contributed by atoms with E-state index in [1.807, 2.05) is 23.1 Å². The molecule has 1 aliphatic carbocycles. The number of nitrogens with one attached hydrogen (secondary N) is 3. The Morgan fingerprint density at radius 3 is 2.75 bits per heavy atom. The van der Waals surface area contributed by atoms with E-state index in [2.05, 4.69) is 26.1 Å². The van der Waals surface area contributed by atoms with Gasteiger partial charge in [-0.2, -0.15) is 5.26 Å². The monoisotopic (exact) mass is 556 g/mol. The second-order valence-corrected chi connectivity index (χ2v) is 11.9. The van der Waals surface area contributed by atoms with Crippen LogP contribution in [-0.2, 0) is 10.0 Å². The maximum atomic E-state index is 13.2. The third kappa shape index (κ3) is 5.50. The standard InChI is InChI=1S/C29H28N6O4S/c1-40(37,38)34-23-11-18(15-30)10-20(12-23)26-17-33-28-25(26)13-21(16-32-28)19-2-5-24-27(14-19)39-9-8-35(29(24)36)7-6-31-22-3-4-22/h2,5,10-14,16-17,22,31,34H,3-4,6-9H2,1H3,(H,32,33). The third-order valence-electron chi connectivity index (χ3n) is 7.05. The van der Waals surface area contributed by atoms with Crippen LogP contribution in [0.15, 0.2) is 54.9 Å². The number of amides is 1. The van der Waals surface area contributed by atoms with Crippen LogP contribution in [0.3, 0.4) is 0 Å². The van der Waals surface area contributed by atoms with Crippen molar-refractivity contribution in [1.29, 1.82) is 5.26 Å². The number of sulfonamides is 1. The number of ether oxygens (including phenoxy) is 1. The van der Waals surface area contributed by atoms with Crippen molar-refractivity contribution in [2.24, 2.45) is 0 Å². The Morgan fingerprint density at radius 2 is 1.98 bits per heavy atom. The number of hydrogen-bond donors (Lipinski definition) is 3. The molecule has 6 rings (SSSR count). The lowest BCUT2D eigenvalue weighted by atomic mass is 9.99. The van der Waals surface area contributed by atoms with Crippen LogP contribution >= 0.6 is 0 Å². The minimum atomic E-state index is -3.52. The number of anilines is 1. The summed E-state index contributed by atoms with van der Waals surface area (Å²) in [5.41, 5.74) is 4.94. The summed E-state index contributed by atoms with van der Waals surface area (Å²) in [5, 5.41) is 13.8. The zero-order chi connectivity index (χ0) is 27.9. The predicted molar refractivity (Wildman–Crippen MR) is 153 cm³/mol. The van der Waals surface area contributed by atoms with Gasteiger partial charge in [0.2, 0.25) is 10.0 Å². The third-order valence-corrected chi connectivity index (χ3v) is 7.66. The Hall–Kier alpha value is -4.40. The molecule has 0 spiro atoms. The van der Waals surface area contributed by atoms with Gasteiger partial charge in [-0.3, -0.25) is 9.52 Å². The fourth-order valence-corrected chi connectivity index (χ4v) is 5.51. The zero-order valence-corrected chi connectivity index (χ0v) is 22.7. The summed E-state index contributed by atoms with van der Waals surface area (Å²) in [6.45, 7) is 2.38. The van der Waals surface area contributed by atoms with E-state index in [1.165, 1.54) is 18.9 Å². The van der Waals surface area contributed by atoms with Gasteiger partial charge in [0.25, 0.3) is 5.91 Å². The molecule has 1 saturated carbocycles. The van der Waals surface area contributed by atoms with Crippen LogP contribution in [-0.4, -0.2) is 67.7 Å². The molecule has 0 saturated heterocycles. The van der Waals surface area contributed by atoms with Gasteiger partial charge in [0.05, 0.1) is 35.7 Å². The lowest BCUT2D eigenvalue weighted by molar-refractivity contribution is 0.0757. The molecule has 0 radical (unpaired) electrons. The summed E-state index contributed by atoms with van der Waals surface area (Å²) in [5.74, 6) is 0.516. The molecule has 0 bridgehead atoms. The number of benzene rings is 2. The van der Waals surface area contributed by atoms with Gasteiger partial charge in [-0.05, 0) is 60.4 Å². The van der Waals surface area contributed by atoms with Gasteiger partial charge in [0.15, 0.2) is 0 Å². The van der Waals surface area contributed by atoms with Crippen LogP contribution in [0.2, 0.25) is 0 Å². The van der Waals surface area contributed by atoms with E-state index < -0.39 is 10.0 Å². The molecule has 4 aromatic rings. The average Bonchev–Trinajstić information content (AvgIpc) is 3.68. The van der Waals surface area contributed by atoms with Crippen molar-refractivity contribution in [2.45, 2.75) is 18.9 Å². The van der Waals surface area contributed by atoms with Crippen LogP contribution in [0.25, 0.3) is 33.3 Å². The Bertz CT molecular complexity index is 1770. The first-order valence-corrected chi connectivity index (χ1v) is 15.0. The highest BCUT2D eigenvalue weighted by Crippen LogP contribution is 2.35. The summed E-state index contributed by atoms with van der Waals surface area (Å²) in [6, 6.07) is 15.1. The van der Waals surface area contributed by atoms with Crippen molar-refractivity contribution in [3.63, 3.8) is 0 Å². The molecule has 1 aliphatic heterocycles. The number of rotatable bonds is 8. The predicted octanol–water partition coefficient (Wildman–Crippen LogP) is 3.73. The number of fused-ring (bicyclic) bond motifs is 2. The van der Waals surface area contributed by atoms with Crippen LogP contribution in [0.4, 0.5) is 5.69 Å². The zero-order valence-electron chi connectivity index (χ0n) is 21.9. The van der Waals surface area contributed by atoms with Gasteiger partial charge < -0.3 is 19.9 Å². The number of nitrogens with zero attached hydrogens (tertiary/aromatic N) is 3. The van der Waals surface area contributed by atoms with E-state index in [0.717, 1.165) is 34.9 Å². The molecule has 40 heavy (non-hydrogen) atoms. The molecule has 2 aromatic carbocycles. The SMILES string of the molecule is CS(=O)(=O)Nc1cc(C#N)cc(-c2c[nH]c3ncc(-c4ccc5c(c4)OCCN(CCNC4CC4)C5=O)cc23)c1. The van der Waals surface area contributed by atoms with E-state index in [9.17, 15) is 18.5 Å². The molecule has 3 N–H and O–H groups in total. The van der Waals surface area contributed by atoms with E-state index in [1.54, 1.807) is 30.6 Å². The van der Waals surface area contributed by atoms with Gasteiger partial charge in [-0.1, -0.05) is 6.07 Å². The van der Waals surface area contributed by atoms with E-state index in [-0.39, 0.29) is 5.91 Å². The van der Waals surface area contributed by atoms with Gasteiger partial charge in [0, 0.05) is 48.0 Å². The molecule has 1 fully saturated rings. The number of hydrogen-bond acceptors (Lipinski definition) is 7. The summed E-state index contributed by atoms with van der Waals surface area (Å²) >= 11 is 0. The summed E-state index contributed by atoms with van der Waals surface area (Å²) in [7, 11) is -3.52. The summed E-state index contributed by atoms with van der Waals surface area (Å²) < 4.78 is 32.0. The maximum absolute atomic E-state index is 13.2. The fourth-order valence-electron chi connectivity index (χ4n) is 4.96. The van der Waals surface area contributed by atoms with Gasteiger partial charge in [-0.25, -0.2) is 13.4 Å². The minimum absolute atomic E-state index is 0.0333. The maximum Gasteiger partial charge on any atom is 0.257 e. The number of pyridine rings is 1. The van der Waals surface area contributed by atoms with E-state index >= 15 is 0 Å². The lowest BCUT2D eigenvalue weighted by Gasteiger charge is -2.20. The molecular formula is C29H28N6O4S. The van der Waals surface area contributed by atoms with E-state index in [0.29, 0.717) is 59.5 Å². The molecule has 3 heterocycles. The van der Waals surface area contributed by atoms with Crippen molar-refractivity contribution in [3.8, 4) is 34.1 Å². The number of H-pyrrole nitrogens is 1. The van der Waals surface area contributed by atoms with Gasteiger partial charge >= 0.3 is 0 Å². The summed E-state index contributed by atoms with van der Waals surface area (Å²) in [4.78, 5) is 22.8. The van der Waals surface area contributed by atoms with Gasteiger partial charge in [-0.15, -0.1) is 0 Å². The largest absolute Gasteiger partial charge is 0.491 e. The van der Waals surface area contributed by atoms with Crippen molar-refractivity contribution in [1.82, 2.24) is 20.2 Å². The van der Waals surface area contributed by atoms with Crippen molar-refractivity contribution in [3.05, 3.63) is 66.0 Å². The molecular weight excluding hydrogens is 528 g/mol. The highest BCUT2D eigenvalue weighted by Gasteiger charge is 2.25. The fraction of sp³-hybridized carbons (Fsp3) is 0.276. The molecule has 204 valence electrons. The Labute approximate surface area is 232 Å². The van der Waals surface area contributed by atoms with Crippen LogP contribution in [0.1, 0.15) is 28.8 Å². The number of aromatic nitrogens is 2. The first-order valence-electron chi connectivity index (χ1n) is 13.1. The van der Waals surface area contributed by atoms with Crippen molar-refractivity contribution >= 4 is 32.7 Å². The van der Waals surface area contributed by atoms with E-state index in [4.69, 9.17) is 4.74 Å². The average molecular weight is 557 g/mol. The first kappa shape index (κ1) is 25.9. The Kier molecular flexibility index (Phi) is 6.65. The second-order valence-electron chi connectivity index (χ2n) is 10.2. The highest BCUT2D eigenvalue weighted by molar-refractivity contribution is 7.92. The van der Waals surface area contributed by atoms with Crippen LogP contribution in [0, 0.1) is 11.3 Å². The molecule has 2 aliphatic rings. The quantitative estimate of drug-likeness (QED) is 0.300. The first-order chi connectivity index (χ1) is 19.3. The molecule has 2 aromatic heterocycles. The second kappa shape index (κ2) is 10.3. The van der Waals surface area contributed by atoms with Crippen LogP contribution < -0.4 is 14.8 Å². The Balaban J connectivity index is 1.31. The molecule has 11 heteroatoms. The number of aromatic amines is 1. The molecule has 1 amide bonds. The topological polar surface area (TPSA) is 140 Å². The summed E-state index contributed by atoms with van der Waals surface area (Å²) in [6.07, 6.45) is 7.02. The number of carbonyl (C=O) groups is 1. The lowest BCUT2D eigenvalue weighted by Crippen LogP contribution is -2.38. The molecule has 0 atom stereocenters. The van der Waals surface area contributed by atoms with Crippen molar-refractivity contribution in [2.75, 3.05) is 37.2 Å². The Morgan fingerprint density at radius 1 is 1.12 bits per heavy atom. The smallest absolute Gasteiger partial charge is 0.257 e. The molecule has 10 nitrogen and oxygen atoms in total. The molecule has 0 unspecified atom stereocenters. The highest BCUT2D eigenvalue weighted by atomic mass is 32.2. The minimum Gasteiger partial charge on any atom is -0.491 e. The van der Waals surface area contributed by atoms with Gasteiger partial charge in [0.1, 0.15) is 18.0 Å². The van der Waals surface area contributed by atoms with Crippen LogP contribution in [0.5, 0.6) is 5.75 Å².